The molecule has 0 amide bonds. The summed E-state index contributed by atoms with van der Waals surface area (Å²) in [5.41, 5.74) is 2.29. The van der Waals surface area contributed by atoms with E-state index < -0.39 is 5.56 Å². The van der Waals surface area contributed by atoms with E-state index in [9.17, 15) is 10.1 Å². The Morgan fingerprint density at radius 3 is 2.37 bits per heavy atom. The molecule has 0 fully saturated rings. The molecule has 1 aromatic heterocycles. The van der Waals surface area contributed by atoms with Crippen LogP contribution in [-0.2, 0) is 0 Å². The van der Waals surface area contributed by atoms with Gasteiger partial charge in [0.05, 0.1) is 13.2 Å². The highest BCUT2D eigenvalue weighted by Crippen LogP contribution is 2.36. The number of pyridine rings is 1. The van der Waals surface area contributed by atoms with Gasteiger partial charge in [-0.05, 0) is 43.7 Å². The number of benzene rings is 2. The Morgan fingerprint density at radius 1 is 0.963 bits per heavy atom. The van der Waals surface area contributed by atoms with Crippen molar-refractivity contribution >= 4 is 0 Å². The van der Waals surface area contributed by atoms with E-state index in [1.54, 1.807) is 12.1 Å². The van der Waals surface area contributed by atoms with Crippen LogP contribution in [0.2, 0.25) is 0 Å². The van der Waals surface area contributed by atoms with Crippen LogP contribution >= 0.6 is 0 Å². The molecule has 0 saturated heterocycles. The molecule has 0 atom stereocenters. The summed E-state index contributed by atoms with van der Waals surface area (Å²) >= 11 is 0. The minimum absolute atomic E-state index is 0.0456. The molecule has 1 heterocycles. The van der Waals surface area contributed by atoms with Gasteiger partial charge in [0.1, 0.15) is 23.1 Å². The summed E-state index contributed by atoms with van der Waals surface area (Å²) in [6, 6.07) is 18.8. The third kappa shape index (κ3) is 3.85. The van der Waals surface area contributed by atoms with Crippen molar-refractivity contribution in [1.82, 2.24) is 4.98 Å². The SMILES string of the molecule is CCOc1ccc(OCC)c(-c2cc(-c3ccccc3)[nH]c(=O)c2C#N)c1. The van der Waals surface area contributed by atoms with Crippen molar-refractivity contribution in [2.45, 2.75) is 13.8 Å². The van der Waals surface area contributed by atoms with E-state index in [0.29, 0.717) is 41.5 Å². The van der Waals surface area contributed by atoms with Crippen molar-refractivity contribution in [2.24, 2.45) is 0 Å². The highest BCUT2D eigenvalue weighted by Gasteiger charge is 2.17. The third-order valence-electron chi connectivity index (χ3n) is 4.08. The van der Waals surface area contributed by atoms with E-state index in [-0.39, 0.29) is 5.56 Å². The quantitative estimate of drug-likeness (QED) is 0.708. The van der Waals surface area contributed by atoms with Crippen LogP contribution in [0.4, 0.5) is 0 Å². The summed E-state index contributed by atoms with van der Waals surface area (Å²) in [7, 11) is 0. The van der Waals surface area contributed by atoms with Gasteiger partial charge in [-0.2, -0.15) is 5.26 Å². The molecule has 3 rings (SSSR count). The van der Waals surface area contributed by atoms with Gasteiger partial charge in [0.2, 0.25) is 0 Å². The Bertz CT molecular complexity index is 1030. The van der Waals surface area contributed by atoms with Crippen molar-refractivity contribution in [1.29, 1.82) is 5.26 Å². The second-order valence-electron chi connectivity index (χ2n) is 5.80. The van der Waals surface area contributed by atoms with Crippen molar-refractivity contribution in [3.05, 3.63) is 70.5 Å². The largest absolute Gasteiger partial charge is 0.494 e. The van der Waals surface area contributed by atoms with Crippen molar-refractivity contribution in [2.75, 3.05) is 13.2 Å². The lowest BCUT2D eigenvalue weighted by molar-refractivity contribution is 0.331. The van der Waals surface area contributed by atoms with Crippen LogP contribution in [0.5, 0.6) is 11.5 Å². The summed E-state index contributed by atoms with van der Waals surface area (Å²) in [6.45, 7) is 4.77. The molecule has 0 unspecified atom stereocenters. The number of rotatable bonds is 6. The molecule has 3 aromatic rings. The Kier molecular flexibility index (Phi) is 5.58. The smallest absolute Gasteiger partial charge is 0.266 e. The van der Waals surface area contributed by atoms with E-state index >= 15 is 0 Å². The van der Waals surface area contributed by atoms with Crippen molar-refractivity contribution < 1.29 is 9.47 Å². The number of aromatic nitrogens is 1. The molecule has 136 valence electrons. The molecular formula is C22H20N2O3. The van der Waals surface area contributed by atoms with Crippen LogP contribution in [0.25, 0.3) is 22.4 Å². The average Bonchev–Trinajstić information content (AvgIpc) is 2.69. The van der Waals surface area contributed by atoms with Crippen molar-refractivity contribution in [3.63, 3.8) is 0 Å². The number of H-pyrrole nitrogens is 1. The maximum atomic E-state index is 12.6. The first-order chi connectivity index (χ1) is 13.2. The van der Waals surface area contributed by atoms with Crippen LogP contribution in [-0.4, -0.2) is 18.2 Å². The van der Waals surface area contributed by atoms with Gasteiger partial charge in [-0.1, -0.05) is 30.3 Å². The van der Waals surface area contributed by atoms with Crippen LogP contribution in [0.3, 0.4) is 0 Å². The zero-order valence-corrected chi connectivity index (χ0v) is 15.3. The predicted octanol–water partition coefficient (Wildman–Crippen LogP) is 4.38. The standard InChI is InChI=1S/C22H20N2O3/c1-3-26-16-10-11-21(27-4-2)18(12-16)17-13-20(15-8-6-5-7-9-15)24-22(25)19(17)14-23/h5-13H,3-4H2,1-2H3,(H,24,25). The zero-order chi connectivity index (χ0) is 19.2. The van der Waals surface area contributed by atoms with Crippen LogP contribution in [0.15, 0.2) is 59.4 Å². The van der Waals surface area contributed by atoms with Crippen LogP contribution < -0.4 is 15.0 Å². The second-order valence-corrected chi connectivity index (χ2v) is 5.80. The maximum Gasteiger partial charge on any atom is 0.266 e. The Morgan fingerprint density at radius 2 is 1.70 bits per heavy atom. The normalized spacial score (nSPS) is 10.3. The molecule has 1 N–H and O–H groups in total. The highest BCUT2D eigenvalue weighted by molar-refractivity contribution is 5.79. The first-order valence-electron chi connectivity index (χ1n) is 8.80. The van der Waals surface area contributed by atoms with Gasteiger partial charge in [0.25, 0.3) is 5.56 Å². The zero-order valence-electron chi connectivity index (χ0n) is 15.3. The lowest BCUT2D eigenvalue weighted by Gasteiger charge is -2.14. The number of nitriles is 1. The van der Waals surface area contributed by atoms with Gasteiger partial charge in [-0.25, -0.2) is 0 Å². The minimum atomic E-state index is -0.432. The van der Waals surface area contributed by atoms with Gasteiger partial charge >= 0.3 is 0 Å². The number of nitrogens with zero attached hydrogens (tertiary/aromatic N) is 1. The molecule has 5 nitrogen and oxygen atoms in total. The maximum absolute atomic E-state index is 12.6. The Balaban J connectivity index is 2.26. The molecule has 0 spiro atoms. The molecule has 0 aliphatic rings. The molecule has 0 aliphatic carbocycles. The number of ether oxygens (including phenoxy) is 2. The molecule has 0 bridgehead atoms. The Labute approximate surface area is 157 Å². The van der Waals surface area contributed by atoms with Gasteiger partial charge in [0.15, 0.2) is 0 Å². The summed E-state index contributed by atoms with van der Waals surface area (Å²) < 4.78 is 11.3. The third-order valence-corrected chi connectivity index (χ3v) is 4.08. The van der Waals surface area contributed by atoms with Gasteiger partial charge < -0.3 is 14.5 Å². The molecule has 27 heavy (non-hydrogen) atoms. The van der Waals surface area contributed by atoms with Crippen LogP contribution in [0, 0.1) is 11.3 Å². The fourth-order valence-electron chi connectivity index (χ4n) is 2.91. The van der Waals surface area contributed by atoms with Gasteiger partial charge in [-0.3, -0.25) is 4.79 Å². The lowest BCUT2D eigenvalue weighted by atomic mass is 9.98. The molecule has 2 aromatic carbocycles. The topological polar surface area (TPSA) is 75.1 Å². The highest BCUT2D eigenvalue weighted by atomic mass is 16.5. The number of hydrogen-bond donors (Lipinski definition) is 1. The molecular weight excluding hydrogens is 340 g/mol. The first-order valence-corrected chi connectivity index (χ1v) is 8.80. The van der Waals surface area contributed by atoms with Crippen LogP contribution in [0.1, 0.15) is 19.4 Å². The van der Waals surface area contributed by atoms with E-state index in [0.717, 1.165) is 5.56 Å². The van der Waals surface area contributed by atoms with E-state index in [4.69, 9.17) is 9.47 Å². The van der Waals surface area contributed by atoms with Gasteiger partial charge in [-0.15, -0.1) is 0 Å². The molecule has 0 aliphatic heterocycles. The fourth-order valence-corrected chi connectivity index (χ4v) is 2.91. The molecule has 5 heteroatoms. The summed E-state index contributed by atoms with van der Waals surface area (Å²) in [4.78, 5) is 15.4. The van der Waals surface area contributed by atoms with Crippen molar-refractivity contribution in [3.8, 4) is 40.0 Å². The Hall–Kier alpha value is -3.52. The second kappa shape index (κ2) is 8.24. The molecule has 0 radical (unpaired) electrons. The summed E-state index contributed by atoms with van der Waals surface area (Å²) in [5, 5.41) is 9.57. The monoisotopic (exact) mass is 360 g/mol. The molecule has 0 saturated carbocycles. The lowest BCUT2D eigenvalue weighted by Crippen LogP contribution is -2.13. The number of hydrogen-bond acceptors (Lipinski definition) is 4. The number of nitrogens with one attached hydrogen (secondary N) is 1. The number of aromatic amines is 1. The first kappa shape index (κ1) is 18.3. The predicted molar refractivity (Wildman–Crippen MR) is 105 cm³/mol. The summed E-state index contributed by atoms with van der Waals surface area (Å²) in [6.07, 6.45) is 0. The van der Waals surface area contributed by atoms with E-state index in [2.05, 4.69) is 4.98 Å². The minimum Gasteiger partial charge on any atom is -0.494 e. The fraction of sp³-hybridized carbons (Fsp3) is 0.182. The van der Waals surface area contributed by atoms with E-state index in [1.807, 2.05) is 62.4 Å². The average molecular weight is 360 g/mol. The van der Waals surface area contributed by atoms with Gasteiger partial charge in [0, 0.05) is 16.8 Å². The summed E-state index contributed by atoms with van der Waals surface area (Å²) in [5.74, 6) is 1.25. The van der Waals surface area contributed by atoms with E-state index in [1.165, 1.54) is 0 Å².